The van der Waals surface area contributed by atoms with E-state index >= 15 is 0 Å². The number of aromatic nitrogens is 2. The lowest BCUT2D eigenvalue weighted by Crippen LogP contribution is -2.37. The first-order valence-corrected chi connectivity index (χ1v) is 5.33. The fourth-order valence-corrected chi connectivity index (χ4v) is 1.40. The Balaban J connectivity index is 0.000000461. The Morgan fingerprint density at radius 1 is 1.14 bits per heavy atom. The summed E-state index contributed by atoms with van der Waals surface area (Å²) >= 11 is 0. The van der Waals surface area contributed by atoms with E-state index in [1.165, 1.54) is 6.42 Å². The standard InChI is InChI=1S/C9H13N3.C2H6/c1-7-6-9(11-8(2)10-7)12-4-3-5-12;1-2/h6H,3-5H2,1-2H3;1-2H3. The maximum absolute atomic E-state index is 4.37. The Labute approximate surface area is 86.2 Å². The number of rotatable bonds is 1. The summed E-state index contributed by atoms with van der Waals surface area (Å²) in [5, 5.41) is 0. The van der Waals surface area contributed by atoms with Gasteiger partial charge >= 0.3 is 0 Å². The topological polar surface area (TPSA) is 29.0 Å². The van der Waals surface area contributed by atoms with Gasteiger partial charge in [-0.05, 0) is 20.3 Å². The van der Waals surface area contributed by atoms with E-state index in [0.29, 0.717) is 0 Å². The van der Waals surface area contributed by atoms with Gasteiger partial charge in [-0.25, -0.2) is 9.97 Å². The van der Waals surface area contributed by atoms with Crippen LogP contribution in [0.4, 0.5) is 5.82 Å². The first-order chi connectivity index (χ1) is 6.75. The third-order valence-corrected chi connectivity index (χ3v) is 2.13. The summed E-state index contributed by atoms with van der Waals surface area (Å²) in [6, 6.07) is 2.05. The minimum atomic E-state index is 0.872. The van der Waals surface area contributed by atoms with Crippen molar-refractivity contribution in [3.8, 4) is 0 Å². The number of hydrogen-bond acceptors (Lipinski definition) is 3. The molecule has 0 atom stereocenters. The lowest BCUT2D eigenvalue weighted by atomic mass is 10.2. The van der Waals surface area contributed by atoms with Crippen molar-refractivity contribution in [3.63, 3.8) is 0 Å². The highest BCUT2D eigenvalue weighted by Crippen LogP contribution is 2.18. The summed E-state index contributed by atoms with van der Waals surface area (Å²) in [5.74, 6) is 1.96. The van der Waals surface area contributed by atoms with Crippen molar-refractivity contribution >= 4 is 5.82 Å². The molecule has 1 aromatic rings. The largest absolute Gasteiger partial charge is 0.356 e. The fourth-order valence-electron chi connectivity index (χ4n) is 1.40. The fraction of sp³-hybridized carbons (Fsp3) is 0.636. The van der Waals surface area contributed by atoms with Gasteiger partial charge in [0, 0.05) is 24.8 Å². The van der Waals surface area contributed by atoms with Crippen LogP contribution < -0.4 is 4.90 Å². The normalized spacial score (nSPS) is 14.1. The highest BCUT2D eigenvalue weighted by Gasteiger charge is 2.15. The van der Waals surface area contributed by atoms with Crippen LogP contribution in [0.1, 0.15) is 31.8 Å². The van der Waals surface area contributed by atoms with E-state index in [9.17, 15) is 0 Å². The van der Waals surface area contributed by atoms with Crippen LogP contribution in [0.2, 0.25) is 0 Å². The van der Waals surface area contributed by atoms with Crippen LogP contribution in [-0.2, 0) is 0 Å². The molecule has 2 rings (SSSR count). The Morgan fingerprint density at radius 3 is 2.21 bits per heavy atom. The van der Waals surface area contributed by atoms with Crippen LogP contribution in [0, 0.1) is 13.8 Å². The first kappa shape index (κ1) is 11.0. The molecule has 0 aromatic carbocycles. The molecule has 1 aromatic heterocycles. The molecule has 2 heterocycles. The second-order valence-electron chi connectivity index (χ2n) is 3.26. The molecule has 0 N–H and O–H groups in total. The molecule has 0 spiro atoms. The molecule has 0 bridgehead atoms. The number of nitrogens with zero attached hydrogens (tertiary/aromatic N) is 3. The summed E-state index contributed by atoms with van der Waals surface area (Å²) in [6.45, 7) is 10.3. The van der Waals surface area contributed by atoms with E-state index in [1.54, 1.807) is 0 Å². The van der Waals surface area contributed by atoms with Crippen LogP contribution in [0.5, 0.6) is 0 Å². The molecule has 3 heteroatoms. The summed E-state index contributed by atoms with van der Waals surface area (Å²) in [5.41, 5.74) is 1.06. The third-order valence-electron chi connectivity index (χ3n) is 2.13. The summed E-state index contributed by atoms with van der Waals surface area (Å²) in [7, 11) is 0. The van der Waals surface area contributed by atoms with Gasteiger partial charge in [0.25, 0.3) is 0 Å². The number of anilines is 1. The van der Waals surface area contributed by atoms with Crippen LogP contribution in [0.25, 0.3) is 0 Å². The zero-order chi connectivity index (χ0) is 10.6. The third kappa shape index (κ3) is 2.44. The van der Waals surface area contributed by atoms with Crippen molar-refractivity contribution in [2.24, 2.45) is 0 Å². The lowest BCUT2D eigenvalue weighted by molar-refractivity contribution is 0.607. The molecule has 0 radical (unpaired) electrons. The van der Waals surface area contributed by atoms with Crippen LogP contribution >= 0.6 is 0 Å². The predicted molar refractivity (Wildman–Crippen MR) is 59.7 cm³/mol. The van der Waals surface area contributed by atoms with Crippen molar-refractivity contribution in [1.29, 1.82) is 0 Å². The Kier molecular flexibility index (Phi) is 3.86. The molecule has 1 fully saturated rings. The van der Waals surface area contributed by atoms with E-state index < -0.39 is 0 Å². The molecule has 0 unspecified atom stereocenters. The first-order valence-electron chi connectivity index (χ1n) is 5.33. The molecule has 1 aliphatic rings. The van der Waals surface area contributed by atoms with Gasteiger partial charge in [-0.3, -0.25) is 0 Å². The zero-order valence-electron chi connectivity index (χ0n) is 9.54. The lowest BCUT2D eigenvalue weighted by Gasteiger charge is -2.32. The molecule has 0 saturated carbocycles. The van der Waals surface area contributed by atoms with E-state index in [-0.39, 0.29) is 0 Å². The van der Waals surface area contributed by atoms with Gasteiger partial charge in [0.05, 0.1) is 0 Å². The second kappa shape index (κ2) is 4.94. The van der Waals surface area contributed by atoms with Crippen LogP contribution in [-0.4, -0.2) is 23.1 Å². The summed E-state index contributed by atoms with van der Waals surface area (Å²) < 4.78 is 0. The summed E-state index contributed by atoms with van der Waals surface area (Å²) in [6.07, 6.45) is 1.29. The molecule has 1 aliphatic heterocycles. The van der Waals surface area contributed by atoms with Gasteiger partial charge < -0.3 is 4.90 Å². The molecule has 14 heavy (non-hydrogen) atoms. The summed E-state index contributed by atoms with van der Waals surface area (Å²) in [4.78, 5) is 10.9. The van der Waals surface area contributed by atoms with Crippen molar-refractivity contribution < 1.29 is 0 Å². The molecule has 0 aliphatic carbocycles. The van der Waals surface area contributed by atoms with Gasteiger partial charge in [0.2, 0.25) is 0 Å². The highest BCUT2D eigenvalue weighted by molar-refractivity contribution is 5.41. The molecule has 78 valence electrons. The van der Waals surface area contributed by atoms with Crippen molar-refractivity contribution in [2.75, 3.05) is 18.0 Å². The van der Waals surface area contributed by atoms with Gasteiger partial charge in [0.15, 0.2) is 0 Å². The molecule has 0 amide bonds. The van der Waals surface area contributed by atoms with Gasteiger partial charge in [0.1, 0.15) is 11.6 Å². The van der Waals surface area contributed by atoms with E-state index in [0.717, 1.165) is 30.4 Å². The van der Waals surface area contributed by atoms with Gasteiger partial charge in [-0.15, -0.1) is 0 Å². The van der Waals surface area contributed by atoms with Gasteiger partial charge in [-0.1, -0.05) is 13.8 Å². The average molecular weight is 193 g/mol. The maximum atomic E-state index is 4.37. The minimum absolute atomic E-state index is 0.872. The zero-order valence-corrected chi connectivity index (χ0v) is 9.54. The highest BCUT2D eigenvalue weighted by atomic mass is 15.2. The monoisotopic (exact) mass is 193 g/mol. The van der Waals surface area contributed by atoms with Crippen molar-refractivity contribution in [3.05, 3.63) is 17.6 Å². The maximum Gasteiger partial charge on any atom is 0.132 e. The molecular weight excluding hydrogens is 174 g/mol. The van der Waals surface area contributed by atoms with Crippen molar-refractivity contribution in [1.82, 2.24) is 9.97 Å². The van der Waals surface area contributed by atoms with E-state index in [4.69, 9.17) is 0 Å². The van der Waals surface area contributed by atoms with E-state index in [1.807, 2.05) is 33.8 Å². The smallest absolute Gasteiger partial charge is 0.132 e. The SMILES string of the molecule is CC.Cc1cc(N2CCC2)nc(C)n1. The number of aryl methyl sites for hydroxylation is 2. The molecule has 1 saturated heterocycles. The molecule has 3 nitrogen and oxygen atoms in total. The Hall–Kier alpha value is -1.12. The predicted octanol–water partition coefficient (Wildman–Crippen LogP) is 2.33. The Bertz CT molecular complexity index is 272. The van der Waals surface area contributed by atoms with Gasteiger partial charge in [-0.2, -0.15) is 0 Å². The number of hydrogen-bond donors (Lipinski definition) is 0. The second-order valence-corrected chi connectivity index (χ2v) is 3.26. The minimum Gasteiger partial charge on any atom is -0.356 e. The quantitative estimate of drug-likeness (QED) is 0.685. The molecular formula is C11H19N3. The average Bonchev–Trinajstić information content (AvgIpc) is 2.02. The Morgan fingerprint density at radius 2 is 1.79 bits per heavy atom. The van der Waals surface area contributed by atoms with Crippen LogP contribution in [0.3, 0.4) is 0 Å². The van der Waals surface area contributed by atoms with Crippen molar-refractivity contribution in [2.45, 2.75) is 34.1 Å². The van der Waals surface area contributed by atoms with E-state index in [2.05, 4.69) is 14.9 Å². The van der Waals surface area contributed by atoms with Crippen LogP contribution in [0.15, 0.2) is 6.07 Å².